The van der Waals surface area contributed by atoms with E-state index in [4.69, 9.17) is 0 Å². The first-order valence-corrected chi connectivity index (χ1v) is 3.52. The van der Waals surface area contributed by atoms with Crippen molar-refractivity contribution in [3.63, 3.8) is 0 Å². The summed E-state index contributed by atoms with van der Waals surface area (Å²) in [6.07, 6.45) is 8.22. The summed E-state index contributed by atoms with van der Waals surface area (Å²) in [4.78, 5) is 2.22. The lowest BCUT2D eigenvalue weighted by Gasteiger charge is -2.21. The first-order valence-electron chi connectivity index (χ1n) is 3.52. The summed E-state index contributed by atoms with van der Waals surface area (Å²) < 4.78 is 0. The zero-order chi connectivity index (χ0) is 7.40. The molecule has 11 heavy (non-hydrogen) atoms. The molecule has 0 aromatic rings. The molecule has 0 aliphatic carbocycles. The van der Waals surface area contributed by atoms with Crippen LogP contribution in [-0.2, 0) is 0 Å². The Kier molecular flexibility index (Phi) is 4.95. The minimum Gasteiger partial charge on any atom is -0.370 e. The lowest BCUT2D eigenvalue weighted by Crippen LogP contribution is -2.20. The Labute approximate surface area is 78.9 Å². The Bertz CT molecular complexity index is 182. The fraction of sp³-hybridized carbons (Fsp3) is 0.333. The Morgan fingerprint density at radius 3 is 3.00 bits per heavy atom. The largest absolute Gasteiger partial charge is 0.370 e. The van der Waals surface area contributed by atoms with Crippen LogP contribution >= 0.6 is 17.0 Å². The van der Waals surface area contributed by atoms with Gasteiger partial charge in [0, 0.05) is 13.1 Å². The summed E-state index contributed by atoms with van der Waals surface area (Å²) in [6.45, 7) is 7.81. The molecule has 0 aromatic carbocycles. The Morgan fingerprint density at radius 2 is 2.45 bits per heavy atom. The van der Waals surface area contributed by atoms with Crippen molar-refractivity contribution in [3.8, 4) is 0 Å². The summed E-state index contributed by atoms with van der Waals surface area (Å²) in [7, 11) is 0. The van der Waals surface area contributed by atoms with Crippen LogP contribution in [0.25, 0.3) is 0 Å². The van der Waals surface area contributed by atoms with Crippen LogP contribution in [0.4, 0.5) is 0 Å². The van der Waals surface area contributed by atoms with Gasteiger partial charge in [-0.15, -0.1) is 23.6 Å². The second-order valence-corrected chi connectivity index (χ2v) is 2.57. The van der Waals surface area contributed by atoms with E-state index in [1.165, 1.54) is 5.57 Å². The molecule has 0 atom stereocenters. The minimum absolute atomic E-state index is 0. The predicted molar refractivity (Wildman–Crippen MR) is 55.0 cm³/mol. The molecule has 2 heteroatoms. The van der Waals surface area contributed by atoms with Crippen molar-refractivity contribution in [2.45, 2.75) is 6.92 Å². The highest BCUT2D eigenvalue weighted by molar-refractivity contribution is 8.93. The van der Waals surface area contributed by atoms with Crippen LogP contribution in [0.5, 0.6) is 0 Å². The van der Waals surface area contributed by atoms with E-state index in [1.54, 1.807) is 0 Å². The standard InChI is InChI=1S/C9H13N.BrH/c1-3-6-10-7-4-5-9(2)8-10;/h3-5,7H,1,6,8H2,2H3;1H. The van der Waals surface area contributed by atoms with Gasteiger partial charge < -0.3 is 4.90 Å². The van der Waals surface area contributed by atoms with Gasteiger partial charge in [0.25, 0.3) is 0 Å². The second kappa shape index (κ2) is 5.19. The van der Waals surface area contributed by atoms with Crippen LogP contribution < -0.4 is 0 Å². The van der Waals surface area contributed by atoms with Crippen LogP contribution in [0, 0.1) is 0 Å². The smallest absolute Gasteiger partial charge is 0.0387 e. The van der Waals surface area contributed by atoms with Crippen molar-refractivity contribution in [1.82, 2.24) is 4.90 Å². The van der Waals surface area contributed by atoms with E-state index < -0.39 is 0 Å². The van der Waals surface area contributed by atoms with Gasteiger partial charge in [0.2, 0.25) is 0 Å². The van der Waals surface area contributed by atoms with Crippen molar-refractivity contribution in [2.75, 3.05) is 13.1 Å². The predicted octanol–water partition coefficient (Wildman–Crippen LogP) is 2.53. The van der Waals surface area contributed by atoms with Gasteiger partial charge in [-0.3, -0.25) is 0 Å². The zero-order valence-corrected chi connectivity index (χ0v) is 8.50. The third-order valence-corrected chi connectivity index (χ3v) is 1.49. The highest BCUT2D eigenvalue weighted by Gasteiger charge is 1.99. The average molecular weight is 216 g/mol. The summed E-state index contributed by atoms with van der Waals surface area (Å²) in [5.74, 6) is 0. The first-order chi connectivity index (χ1) is 4.83. The quantitative estimate of drug-likeness (QED) is 0.641. The van der Waals surface area contributed by atoms with Crippen LogP contribution in [-0.4, -0.2) is 18.0 Å². The van der Waals surface area contributed by atoms with E-state index in [-0.39, 0.29) is 17.0 Å². The molecule has 0 saturated heterocycles. The lowest BCUT2D eigenvalue weighted by atomic mass is 10.2. The second-order valence-electron chi connectivity index (χ2n) is 2.57. The summed E-state index contributed by atoms with van der Waals surface area (Å²) in [5.41, 5.74) is 1.41. The van der Waals surface area contributed by atoms with Gasteiger partial charge in [0.05, 0.1) is 0 Å². The van der Waals surface area contributed by atoms with Crippen molar-refractivity contribution < 1.29 is 0 Å². The molecule has 1 aliphatic rings. The van der Waals surface area contributed by atoms with E-state index in [0.717, 1.165) is 13.1 Å². The monoisotopic (exact) mass is 215 g/mol. The normalized spacial score (nSPS) is 15.4. The number of rotatable bonds is 2. The van der Waals surface area contributed by atoms with Crippen molar-refractivity contribution in [3.05, 3.63) is 36.6 Å². The molecule has 1 nitrogen and oxygen atoms in total. The van der Waals surface area contributed by atoms with Gasteiger partial charge in [0.15, 0.2) is 0 Å². The van der Waals surface area contributed by atoms with Gasteiger partial charge in [-0.2, -0.15) is 0 Å². The lowest BCUT2D eigenvalue weighted by molar-refractivity contribution is 0.446. The fourth-order valence-electron chi connectivity index (χ4n) is 1.05. The van der Waals surface area contributed by atoms with Gasteiger partial charge in [-0.25, -0.2) is 0 Å². The molecule has 1 rings (SSSR count). The number of hydrogen-bond acceptors (Lipinski definition) is 1. The first kappa shape index (κ1) is 10.5. The summed E-state index contributed by atoms with van der Waals surface area (Å²) in [6, 6.07) is 0. The summed E-state index contributed by atoms with van der Waals surface area (Å²) >= 11 is 0. The molecule has 0 N–H and O–H groups in total. The average Bonchev–Trinajstić information content (AvgIpc) is 1.88. The van der Waals surface area contributed by atoms with Crippen molar-refractivity contribution >= 4 is 17.0 Å². The molecule has 1 heterocycles. The number of nitrogens with zero attached hydrogens (tertiary/aromatic N) is 1. The fourth-order valence-corrected chi connectivity index (χ4v) is 1.05. The van der Waals surface area contributed by atoms with Gasteiger partial charge in [-0.05, 0) is 19.2 Å². The SMILES string of the molecule is Br.C=CCN1C=CC=C(C)C1. The van der Waals surface area contributed by atoms with Crippen LogP contribution in [0.2, 0.25) is 0 Å². The number of hydrogen-bond donors (Lipinski definition) is 0. The van der Waals surface area contributed by atoms with Gasteiger partial charge in [0.1, 0.15) is 0 Å². The molecular weight excluding hydrogens is 202 g/mol. The van der Waals surface area contributed by atoms with E-state index in [0.29, 0.717) is 0 Å². The molecule has 0 radical (unpaired) electrons. The summed E-state index contributed by atoms with van der Waals surface area (Å²) in [5, 5.41) is 0. The highest BCUT2D eigenvalue weighted by atomic mass is 79.9. The molecule has 0 spiro atoms. The molecule has 0 fully saturated rings. The van der Waals surface area contributed by atoms with Crippen molar-refractivity contribution in [1.29, 1.82) is 0 Å². The van der Waals surface area contributed by atoms with E-state index in [2.05, 4.69) is 36.8 Å². The van der Waals surface area contributed by atoms with Crippen LogP contribution in [0.15, 0.2) is 36.6 Å². The third kappa shape index (κ3) is 3.42. The van der Waals surface area contributed by atoms with E-state index in [1.807, 2.05) is 6.08 Å². The van der Waals surface area contributed by atoms with Gasteiger partial charge >= 0.3 is 0 Å². The maximum Gasteiger partial charge on any atom is 0.0387 e. The van der Waals surface area contributed by atoms with E-state index in [9.17, 15) is 0 Å². The number of allylic oxidation sites excluding steroid dienone is 2. The molecule has 0 saturated carbocycles. The van der Waals surface area contributed by atoms with Crippen LogP contribution in [0.1, 0.15) is 6.92 Å². The molecule has 0 aromatic heterocycles. The maximum absolute atomic E-state index is 3.68. The Balaban J connectivity index is 0.000001000. The Hall–Kier alpha value is -0.500. The third-order valence-electron chi connectivity index (χ3n) is 1.49. The molecule has 0 amide bonds. The van der Waals surface area contributed by atoms with Crippen molar-refractivity contribution in [2.24, 2.45) is 0 Å². The van der Waals surface area contributed by atoms with Gasteiger partial charge in [-0.1, -0.05) is 17.7 Å². The molecule has 62 valence electrons. The van der Waals surface area contributed by atoms with Crippen LogP contribution in [0.3, 0.4) is 0 Å². The minimum atomic E-state index is 0. The maximum atomic E-state index is 3.68. The molecule has 0 bridgehead atoms. The molecular formula is C9H14BrN. The zero-order valence-electron chi connectivity index (χ0n) is 6.79. The highest BCUT2D eigenvalue weighted by Crippen LogP contribution is 2.05. The number of halogens is 1. The Morgan fingerprint density at radius 1 is 1.73 bits per heavy atom. The van der Waals surface area contributed by atoms with E-state index >= 15 is 0 Å². The molecule has 0 unspecified atom stereocenters. The topological polar surface area (TPSA) is 3.24 Å². The molecule has 1 aliphatic heterocycles.